The minimum atomic E-state index is -0.594. The first-order chi connectivity index (χ1) is 13.5. The molecule has 1 atom stereocenters. The molecule has 1 unspecified atom stereocenters. The zero-order chi connectivity index (χ0) is 20.4. The van der Waals surface area contributed by atoms with Crippen LogP contribution >= 0.6 is 0 Å². The second-order valence-electron chi connectivity index (χ2n) is 6.89. The number of nitro benzene ring substituents is 1. The highest BCUT2D eigenvalue weighted by Crippen LogP contribution is 2.23. The number of carbonyl (C=O) groups is 2. The Hall–Kier alpha value is -2.52. The van der Waals surface area contributed by atoms with Gasteiger partial charge in [-0.15, -0.1) is 0 Å². The topological polar surface area (TPSA) is 114 Å². The Bertz CT molecular complexity index is 682. The van der Waals surface area contributed by atoms with Crippen LogP contribution in [0.1, 0.15) is 49.4 Å². The van der Waals surface area contributed by atoms with Gasteiger partial charge >= 0.3 is 0 Å². The number of benzene rings is 1. The molecule has 0 spiro atoms. The van der Waals surface area contributed by atoms with E-state index in [0.717, 1.165) is 45.3 Å². The van der Waals surface area contributed by atoms with Gasteiger partial charge in [0.1, 0.15) is 5.75 Å². The average molecular weight is 392 g/mol. The summed E-state index contributed by atoms with van der Waals surface area (Å²) in [5.74, 6) is 0.425. The van der Waals surface area contributed by atoms with Gasteiger partial charge in [-0.05, 0) is 31.9 Å². The van der Waals surface area contributed by atoms with Crippen molar-refractivity contribution < 1.29 is 19.2 Å². The molecule has 0 radical (unpaired) electrons. The molecule has 2 N–H and O–H groups in total. The van der Waals surface area contributed by atoms with Gasteiger partial charge in [-0.2, -0.15) is 0 Å². The van der Waals surface area contributed by atoms with Crippen molar-refractivity contribution in [1.29, 1.82) is 0 Å². The summed E-state index contributed by atoms with van der Waals surface area (Å²) < 4.78 is 5.52. The molecule has 1 aliphatic rings. The van der Waals surface area contributed by atoms with Crippen molar-refractivity contribution >= 4 is 17.9 Å². The lowest BCUT2D eigenvalue weighted by Gasteiger charge is -2.33. The van der Waals surface area contributed by atoms with E-state index < -0.39 is 4.92 Å². The summed E-state index contributed by atoms with van der Waals surface area (Å²) >= 11 is 0. The van der Waals surface area contributed by atoms with E-state index in [2.05, 4.69) is 17.7 Å². The van der Waals surface area contributed by atoms with E-state index in [0.29, 0.717) is 31.1 Å². The zero-order valence-electron chi connectivity index (χ0n) is 16.2. The minimum Gasteiger partial charge on any atom is -0.493 e. The van der Waals surface area contributed by atoms with Gasteiger partial charge in [-0.3, -0.25) is 25.1 Å². The largest absolute Gasteiger partial charge is 0.493 e. The van der Waals surface area contributed by atoms with Crippen LogP contribution in [0.15, 0.2) is 18.2 Å². The maximum absolute atomic E-state index is 12.0. The van der Waals surface area contributed by atoms with Crippen LogP contribution in [-0.2, 0) is 4.79 Å². The summed E-state index contributed by atoms with van der Waals surface area (Å²) in [5, 5.41) is 16.2. The van der Waals surface area contributed by atoms with Crippen LogP contribution < -0.4 is 15.5 Å². The van der Waals surface area contributed by atoms with E-state index in [9.17, 15) is 19.7 Å². The SMILES string of the molecule is CC1CNCCN1NC(=O)CCCCCCOc1ccc(C=O)c([N+](=O)[O-])c1. The number of unbranched alkanes of at least 4 members (excludes halogenated alkanes) is 3. The Morgan fingerprint density at radius 3 is 2.89 bits per heavy atom. The van der Waals surface area contributed by atoms with E-state index >= 15 is 0 Å². The number of nitrogens with zero attached hydrogens (tertiary/aromatic N) is 2. The lowest BCUT2D eigenvalue weighted by Crippen LogP contribution is -2.57. The highest BCUT2D eigenvalue weighted by Gasteiger charge is 2.19. The number of hydrazine groups is 1. The van der Waals surface area contributed by atoms with Gasteiger partial charge in [0, 0.05) is 32.1 Å². The molecular formula is C19H28N4O5. The number of amides is 1. The Morgan fingerprint density at radius 2 is 2.18 bits per heavy atom. The van der Waals surface area contributed by atoms with Gasteiger partial charge < -0.3 is 10.1 Å². The number of nitrogens with one attached hydrogen (secondary N) is 2. The first-order valence-corrected chi connectivity index (χ1v) is 9.64. The summed E-state index contributed by atoms with van der Waals surface area (Å²) in [6.07, 6.45) is 4.38. The second-order valence-corrected chi connectivity index (χ2v) is 6.89. The minimum absolute atomic E-state index is 0.0332. The van der Waals surface area contributed by atoms with Crippen molar-refractivity contribution in [1.82, 2.24) is 15.8 Å². The first kappa shape index (κ1) is 21.8. The Labute approximate surface area is 164 Å². The molecule has 0 saturated carbocycles. The van der Waals surface area contributed by atoms with Crippen LogP contribution in [0.25, 0.3) is 0 Å². The molecule has 1 saturated heterocycles. The van der Waals surface area contributed by atoms with Crippen LogP contribution in [0.4, 0.5) is 5.69 Å². The van der Waals surface area contributed by atoms with Crippen LogP contribution in [0.2, 0.25) is 0 Å². The third-order valence-corrected chi connectivity index (χ3v) is 4.66. The van der Waals surface area contributed by atoms with Crippen LogP contribution in [0, 0.1) is 10.1 Å². The molecule has 1 fully saturated rings. The van der Waals surface area contributed by atoms with Crippen LogP contribution in [-0.4, -0.2) is 54.4 Å². The number of nitro groups is 1. The molecule has 1 aromatic rings. The Balaban J connectivity index is 1.58. The van der Waals surface area contributed by atoms with Gasteiger partial charge in [0.2, 0.25) is 5.91 Å². The predicted molar refractivity (Wildman–Crippen MR) is 104 cm³/mol. The van der Waals surface area contributed by atoms with Crippen molar-refractivity contribution in [3.05, 3.63) is 33.9 Å². The maximum Gasteiger partial charge on any atom is 0.283 e. The molecule has 28 heavy (non-hydrogen) atoms. The molecule has 9 heteroatoms. The Kier molecular flexibility index (Phi) is 8.83. The smallest absolute Gasteiger partial charge is 0.283 e. The molecule has 9 nitrogen and oxygen atoms in total. The third-order valence-electron chi connectivity index (χ3n) is 4.66. The van der Waals surface area contributed by atoms with E-state index in [1.807, 2.05) is 5.01 Å². The molecule has 0 bridgehead atoms. The lowest BCUT2D eigenvalue weighted by atomic mass is 10.1. The summed E-state index contributed by atoms with van der Waals surface area (Å²) in [5.41, 5.74) is 2.75. The number of ether oxygens (including phenoxy) is 1. The molecule has 1 aromatic carbocycles. The second kappa shape index (κ2) is 11.4. The van der Waals surface area contributed by atoms with E-state index in [-0.39, 0.29) is 17.2 Å². The van der Waals surface area contributed by atoms with Crippen molar-refractivity contribution in [3.8, 4) is 5.75 Å². The molecule has 1 aliphatic heterocycles. The average Bonchev–Trinajstić information content (AvgIpc) is 2.68. The number of hydrogen-bond acceptors (Lipinski definition) is 7. The van der Waals surface area contributed by atoms with Crippen molar-refractivity contribution in [3.63, 3.8) is 0 Å². The number of piperazine rings is 1. The lowest BCUT2D eigenvalue weighted by molar-refractivity contribution is -0.385. The van der Waals surface area contributed by atoms with Crippen molar-refractivity contribution in [2.45, 2.75) is 45.1 Å². The van der Waals surface area contributed by atoms with Gasteiger partial charge in [0.15, 0.2) is 6.29 Å². The quantitative estimate of drug-likeness (QED) is 0.256. The zero-order valence-corrected chi connectivity index (χ0v) is 16.2. The highest BCUT2D eigenvalue weighted by molar-refractivity contribution is 5.81. The fourth-order valence-electron chi connectivity index (χ4n) is 3.03. The molecule has 0 aromatic heterocycles. The fourth-order valence-corrected chi connectivity index (χ4v) is 3.03. The fraction of sp³-hybridized carbons (Fsp3) is 0.579. The van der Waals surface area contributed by atoms with Gasteiger partial charge in [0.25, 0.3) is 5.69 Å². The third kappa shape index (κ3) is 6.90. The molecular weight excluding hydrogens is 364 g/mol. The number of carbonyl (C=O) groups excluding carboxylic acids is 2. The number of hydrogen-bond donors (Lipinski definition) is 2. The van der Waals surface area contributed by atoms with Crippen molar-refractivity contribution in [2.75, 3.05) is 26.2 Å². The standard InChI is InChI=1S/C19H28N4O5/c1-15-13-20-9-10-22(15)21-19(25)6-4-2-3-5-11-28-17-8-7-16(14-24)18(12-17)23(26)27/h7-8,12,14-15,20H,2-6,9-11,13H2,1H3,(H,21,25). The van der Waals surface area contributed by atoms with E-state index in [1.165, 1.54) is 12.1 Å². The monoisotopic (exact) mass is 392 g/mol. The molecule has 1 heterocycles. The maximum atomic E-state index is 12.0. The van der Waals surface area contributed by atoms with E-state index in [1.54, 1.807) is 6.07 Å². The predicted octanol–water partition coefficient (Wildman–Crippen LogP) is 2.06. The summed E-state index contributed by atoms with van der Waals surface area (Å²) in [4.78, 5) is 33.1. The molecule has 0 aliphatic carbocycles. The number of aldehydes is 1. The normalized spacial score (nSPS) is 17.1. The summed E-state index contributed by atoms with van der Waals surface area (Å²) in [6.45, 7) is 5.08. The number of rotatable bonds is 11. The van der Waals surface area contributed by atoms with Crippen molar-refractivity contribution in [2.24, 2.45) is 0 Å². The van der Waals surface area contributed by atoms with Gasteiger partial charge in [0.05, 0.1) is 23.2 Å². The van der Waals surface area contributed by atoms with E-state index in [4.69, 9.17) is 4.74 Å². The highest BCUT2D eigenvalue weighted by atomic mass is 16.6. The van der Waals surface area contributed by atoms with Crippen LogP contribution in [0.5, 0.6) is 5.75 Å². The molecule has 154 valence electrons. The molecule has 2 rings (SSSR count). The van der Waals surface area contributed by atoms with Gasteiger partial charge in [-0.25, -0.2) is 5.01 Å². The Morgan fingerprint density at radius 1 is 1.39 bits per heavy atom. The molecule has 1 amide bonds. The summed E-state index contributed by atoms with van der Waals surface area (Å²) in [7, 11) is 0. The van der Waals surface area contributed by atoms with Crippen LogP contribution in [0.3, 0.4) is 0 Å². The first-order valence-electron chi connectivity index (χ1n) is 9.64. The summed E-state index contributed by atoms with van der Waals surface area (Å²) in [6, 6.07) is 4.51. The van der Waals surface area contributed by atoms with Gasteiger partial charge in [-0.1, -0.05) is 12.8 Å².